The second kappa shape index (κ2) is 7.79. The minimum absolute atomic E-state index is 0.0252. The van der Waals surface area contributed by atoms with Gasteiger partial charge in [-0.3, -0.25) is 10.1 Å². The Hall–Kier alpha value is -2.20. The summed E-state index contributed by atoms with van der Waals surface area (Å²) in [6, 6.07) is 0. The highest BCUT2D eigenvalue weighted by Crippen LogP contribution is 2.19. The van der Waals surface area contributed by atoms with Crippen molar-refractivity contribution in [2.75, 3.05) is 5.32 Å². The second-order valence-electron chi connectivity index (χ2n) is 6.29. The molecule has 138 valence electrons. The van der Waals surface area contributed by atoms with E-state index >= 15 is 0 Å². The number of oxime groups is 1. The normalized spacial score (nSPS) is 12.5. The average Bonchev–Trinajstić information content (AvgIpc) is 2.83. The number of halogens is 1. The highest BCUT2D eigenvalue weighted by molar-refractivity contribution is 7.14. The van der Waals surface area contributed by atoms with Gasteiger partial charge in [0, 0.05) is 5.38 Å². The second-order valence-corrected chi connectivity index (χ2v) is 7.49. The minimum atomic E-state index is -1.66. The summed E-state index contributed by atoms with van der Waals surface area (Å²) in [5.74, 6) is -1.27. The van der Waals surface area contributed by atoms with Crippen LogP contribution >= 0.6 is 22.9 Å². The summed E-state index contributed by atoms with van der Waals surface area (Å²) in [4.78, 5) is 43.0. The van der Waals surface area contributed by atoms with Gasteiger partial charge in [0.25, 0.3) is 5.24 Å². The topological polar surface area (TPSA) is 127 Å². The molecule has 0 fully saturated rings. The van der Waals surface area contributed by atoms with Crippen LogP contribution in [0.15, 0.2) is 10.5 Å². The molecule has 0 aliphatic rings. The van der Waals surface area contributed by atoms with Gasteiger partial charge in [0.2, 0.25) is 5.60 Å². The number of amides is 1. The molecule has 1 rings (SSSR count). The molecular formula is C14H18ClN3O6S. The summed E-state index contributed by atoms with van der Waals surface area (Å²) in [6.45, 7) is 7.63. The van der Waals surface area contributed by atoms with Crippen LogP contribution < -0.4 is 5.32 Å². The molecule has 1 amide bonds. The first kappa shape index (κ1) is 20.8. The third-order valence-corrected chi connectivity index (χ3v) is 3.36. The molecule has 0 spiro atoms. The summed E-state index contributed by atoms with van der Waals surface area (Å²) in [6.07, 6.45) is -0.715. The Kier molecular flexibility index (Phi) is 6.49. The number of carboxylic acid groups (broad SMARTS) is 1. The predicted octanol–water partition coefficient (Wildman–Crippen LogP) is 2.84. The van der Waals surface area contributed by atoms with E-state index in [1.54, 1.807) is 20.8 Å². The van der Waals surface area contributed by atoms with Crippen molar-refractivity contribution in [3.63, 3.8) is 0 Å². The standard InChI is InChI=1S/C14H18ClN3O6S/c1-13(2,3)23-12(22)17-11-16-7(6-25-11)8(9(15)19)18-24-14(4,5)10(20)21/h6H,1-5H3,(H,20,21)(H,16,17,22). The monoisotopic (exact) mass is 391 g/mol. The summed E-state index contributed by atoms with van der Waals surface area (Å²) in [5, 5.41) is 15.4. The number of nitrogens with zero attached hydrogens (tertiary/aromatic N) is 2. The quantitative estimate of drug-likeness (QED) is 0.433. The Morgan fingerprint density at radius 1 is 1.28 bits per heavy atom. The van der Waals surface area contributed by atoms with Crippen molar-refractivity contribution in [3.8, 4) is 0 Å². The van der Waals surface area contributed by atoms with Gasteiger partial charge in [-0.2, -0.15) is 0 Å². The number of hydrogen-bond acceptors (Lipinski definition) is 8. The van der Waals surface area contributed by atoms with Crippen LogP contribution in [0, 0.1) is 0 Å². The molecule has 11 heteroatoms. The van der Waals surface area contributed by atoms with Crippen LogP contribution in [0.25, 0.3) is 0 Å². The van der Waals surface area contributed by atoms with Crippen molar-refractivity contribution in [2.45, 2.75) is 45.8 Å². The Labute approximate surface area is 153 Å². The van der Waals surface area contributed by atoms with Gasteiger partial charge in [-0.05, 0) is 46.2 Å². The number of aliphatic carboxylic acids is 1. The Morgan fingerprint density at radius 2 is 1.88 bits per heavy atom. The van der Waals surface area contributed by atoms with Crippen LogP contribution in [0.3, 0.4) is 0 Å². The van der Waals surface area contributed by atoms with Crippen LogP contribution in [-0.2, 0) is 19.2 Å². The first-order chi connectivity index (χ1) is 11.3. The van der Waals surface area contributed by atoms with Gasteiger partial charge in [-0.15, -0.1) is 11.3 Å². The van der Waals surface area contributed by atoms with Crippen LogP contribution in [-0.4, -0.2) is 44.3 Å². The van der Waals surface area contributed by atoms with Gasteiger partial charge in [-0.25, -0.2) is 14.6 Å². The molecule has 0 saturated heterocycles. The van der Waals surface area contributed by atoms with Gasteiger partial charge >= 0.3 is 12.1 Å². The predicted molar refractivity (Wildman–Crippen MR) is 92.2 cm³/mol. The van der Waals surface area contributed by atoms with Crippen molar-refractivity contribution >= 4 is 51.1 Å². The Morgan fingerprint density at radius 3 is 2.36 bits per heavy atom. The summed E-state index contributed by atoms with van der Waals surface area (Å²) in [7, 11) is 0. The number of rotatable bonds is 6. The number of carbonyl (C=O) groups is 3. The van der Waals surface area contributed by atoms with E-state index in [1.807, 2.05) is 0 Å². The summed E-state index contributed by atoms with van der Waals surface area (Å²) in [5.41, 5.74) is -2.70. The molecule has 0 aliphatic heterocycles. The molecule has 2 N–H and O–H groups in total. The molecule has 1 aromatic rings. The molecule has 0 aliphatic carbocycles. The average molecular weight is 392 g/mol. The van der Waals surface area contributed by atoms with Gasteiger partial charge in [0.05, 0.1) is 0 Å². The minimum Gasteiger partial charge on any atom is -0.478 e. The van der Waals surface area contributed by atoms with E-state index in [4.69, 9.17) is 26.3 Å². The SMILES string of the molecule is CC(C)(C)OC(=O)Nc1nc(C(=NOC(C)(C)C(=O)O)C(=O)Cl)cs1. The molecule has 25 heavy (non-hydrogen) atoms. The molecule has 1 heterocycles. The van der Waals surface area contributed by atoms with Gasteiger partial charge in [0.1, 0.15) is 11.3 Å². The highest BCUT2D eigenvalue weighted by Gasteiger charge is 2.31. The molecule has 0 aromatic carbocycles. The van der Waals surface area contributed by atoms with Crippen molar-refractivity contribution < 1.29 is 29.1 Å². The number of anilines is 1. The zero-order valence-corrected chi connectivity index (χ0v) is 15.8. The van der Waals surface area contributed by atoms with Gasteiger partial charge < -0.3 is 14.7 Å². The first-order valence-corrected chi connectivity index (χ1v) is 8.23. The number of carbonyl (C=O) groups excluding carboxylic acids is 2. The lowest BCUT2D eigenvalue weighted by Crippen LogP contribution is -2.33. The molecular weight excluding hydrogens is 374 g/mol. The van der Waals surface area contributed by atoms with E-state index in [2.05, 4.69) is 15.5 Å². The van der Waals surface area contributed by atoms with Crippen molar-refractivity contribution in [3.05, 3.63) is 11.1 Å². The molecule has 9 nitrogen and oxygen atoms in total. The van der Waals surface area contributed by atoms with E-state index < -0.39 is 28.5 Å². The zero-order chi connectivity index (χ0) is 19.4. The number of aromatic nitrogens is 1. The number of hydrogen-bond donors (Lipinski definition) is 2. The van der Waals surface area contributed by atoms with Crippen LogP contribution in [0.5, 0.6) is 0 Å². The molecule has 0 atom stereocenters. The fourth-order valence-corrected chi connectivity index (χ4v) is 2.03. The number of nitrogens with one attached hydrogen (secondary N) is 1. The van der Waals surface area contributed by atoms with Gasteiger partial charge in [-0.1, -0.05) is 5.16 Å². The molecule has 0 saturated carbocycles. The number of carboxylic acids is 1. The summed E-state index contributed by atoms with van der Waals surface area (Å²) >= 11 is 6.45. The Bertz CT molecular complexity index is 708. The Balaban J connectivity index is 2.94. The molecule has 0 unspecified atom stereocenters. The number of ether oxygens (including phenoxy) is 1. The van der Waals surface area contributed by atoms with Gasteiger partial charge in [0.15, 0.2) is 10.8 Å². The smallest absolute Gasteiger partial charge is 0.413 e. The molecule has 1 aromatic heterocycles. The lowest BCUT2D eigenvalue weighted by Gasteiger charge is -2.18. The summed E-state index contributed by atoms with van der Waals surface area (Å²) < 4.78 is 5.08. The van der Waals surface area contributed by atoms with Crippen molar-refractivity contribution in [1.82, 2.24) is 4.98 Å². The molecule has 0 bridgehead atoms. The van der Waals surface area contributed by atoms with E-state index in [0.717, 1.165) is 11.3 Å². The lowest BCUT2D eigenvalue weighted by atomic mass is 10.1. The number of thiazole rings is 1. The van der Waals surface area contributed by atoms with E-state index in [0.29, 0.717) is 0 Å². The van der Waals surface area contributed by atoms with E-state index in [-0.39, 0.29) is 16.5 Å². The van der Waals surface area contributed by atoms with Crippen LogP contribution in [0.1, 0.15) is 40.3 Å². The molecule has 0 radical (unpaired) electrons. The maximum absolute atomic E-state index is 11.7. The zero-order valence-electron chi connectivity index (χ0n) is 14.2. The van der Waals surface area contributed by atoms with Crippen LogP contribution in [0.2, 0.25) is 0 Å². The fourth-order valence-electron chi connectivity index (χ4n) is 1.21. The lowest BCUT2D eigenvalue weighted by molar-refractivity contribution is -0.161. The highest BCUT2D eigenvalue weighted by atomic mass is 35.5. The maximum atomic E-state index is 11.7. The van der Waals surface area contributed by atoms with Crippen LogP contribution in [0.4, 0.5) is 9.93 Å². The van der Waals surface area contributed by atoms with E-state index in [9.17, 15) is 14.4 Å². The maximum Gasteiger partial charge on any atom is 0.413 e. The van der Waals surface area contributed by atoms with E-state index in [1.165, 1.54) is 19.2 Å². The fraction of sp³-hybridized carbons (Fsp3) is 0.500. The van der Waals surface area contributed by atoms with Crippen molar-refractivity contribution in [1.29, 1.82) is 0 Å². The first-order valence-electron chi connectivity index (χ1n) is 6.97. The third kappa shape index (κ3) is 6.67. The third-order valence-electron chi connectivity index (χ3n) is 2.42. The van der Waals surface area contributed by atoms with Crippen molar-refractivity contribution in [2.24, 2.45) is 5.16 Å². The largest absolute Gasteiger partial charge is 0.478 e.